The molecule has 0 fully saturated rings. The fourth-order valence-electron chi connectivity index (χ4n) is 3.72. The summed E-state index contributed by atoms with van der Waals surface area (Å²) in [4.78, 5) is -1.70. The molecule has 0 N–H and O–H groups in total. The molecule has 0 saturated heterocycles. The Morgan fingerprint density at radius 3 is 1.18 bits per heavy atom. The lowest BCUT2D eigenvalue weighted by Gasteiger charge is -2.32. The van der Waals surface area contributed by atoms with Crippen LogP contribution in [0.2, 0.25) is 0 Å². The quantitative estimate of drug-likeness (QED) is 0.0912. The van der Waals surface area contributed by atoms with Crippen molar-refractivity contribution in [2.24, 2.45) is 4.36 Å². The smallest absolute Gasteiger partial charge is 0.200 e. The minimum absolute atomic E-state index is 0.407. The zero-order chi connectivity index (χ0) is 24.5. The zero-order valence-electron chi connectivity index (χ0n) is 17.2. The van der Waals surface area contributed by atoms with Gasteiger partial charge in [0.2, 0.25) is 5.82 Å². The highest BCUT2D eigenvalue weighted by Crippen LogP contribution is 2.44. The third kappa shape index (κ3) is 3.97. The van der Waals surface area contributed by atoms with Crippen molar-refractivity contribution < 1.29 is 26.2 Å². The Bertz CT molecular complexity index is 1330. The van der Waals surface area contributed by atoms with Gasteiger partial charge in [-0.05, 0) is 16.7 Å². The van der Waals surface area contributed by atoms with Crippen molar-refractivity contribution in [3.8, 4) is 0 Å². The van der Waals surface area contributed by atoms with E-state index in [4.69, 9.17) is 10.7 Å². The molecule has 0 spiro atoms. The molecular weight excluding hydrogens is 493 g/mol. The van der Waals surface area contributed by atoms with Gasteiger partial charge in [0, 0.05) is 10.7 Å². The van der Waals surface area contributed by atoms with Gasteiger partial charge in [-0.1, -0.05) is 91.0 Å². The molecule has 2 nitrogen and oxygen atoms in total. The van der Waals surface area contributed by atoms with Crippen molar-refractivity contribution in [1.82, 2.24) is 0 Å². The van der Waals surface area contributed by atoms with Crippen molar-refractivity contribution in [3.63, 3.8) is 0 Å². The predicted molar refractivity (Wildman–Crippen MR) is 120 cm³/mol. The lowest BCUT2D eigenvalue weighted by Crippen LogP contribution is -2.28. The first kappa shape index (κ1) is 23.9. The summed E-state index contributed by atoms with van der Waals surface area (Å²) in [6.45, 7) is 0. The van der Waals surface area contributed by atoms with Crippen LogP contribution in [0.4, 0.5) is 22.0 Å². The van der Waals surface area contributed by atoms with Crippen LogP contribution in [0.3, 0.4) is 0 Å². The van der Waals surface area contributed by atoms with Gasteiger partial charge in [-0.25, -0.2) is 26.2 Å². The monoisotopic (exact) mass is 507 g/mol. The molecule has 0 aliphatic rings. The van der Waals surface area contributed by atoms with Gasteiger partial charge < -0.3 is 0 Å². The fourth-order valence-corrected chi connectivity index (χ4v) is 5.82. The third-order valence-corrected chi connectivity index (χ3v) is 7.29. The average molecular weight is 508 g/mol. The zero-order valence-corrected chi connectivity index (χ0v) is 18.8. The van der Waals surface area contributed by atoms with E-state index in [1.807, 2.05) is 0 Å². The predicted octanol–water partition coefficient (Wildman–Crippen LogP) is 7.35. The van der Waals surface area contributed by atoms with Crippen molar-refractivity contribution in [1.29, 1.82) is 0 Å². The summed E-state index contributed by atoms with van der Waals surface area (Å²) >= 11 is 0. The van der Waals surface area contributed by atoms with E-state index < -0.39 is 48.5 Å². The van der Waals surface area contributed by atoms with Crippen molar-refractivity contribution in [2.45, 2.75) is 10.4 Å². The molecule has 0 amide bonds. The Hall–Kier alpha value is -3.23. The number of nitrogens with zero attached hydrogens (tertiary/aromatic N) is 1. The number of halogens is 6. The Labute approximate surface area is 197 Å². The topological polar surface area (TPSA) is 29.4 Å². The first-order valence-corrected chi connectivity index (χ1v) is 12.2. The van der Waals surface area contributed by atoms with Gasteiger partial charge in [0.25, 0.3) is 0 Å². The summed E-state index contributed by atoms with van der Waals surface area (Å²) in [6, 6.07) is 24.9. The van der Waals surface area contributed by atoms with Crippen LogP contribution in [0.25, 0.3) is 0 Å². The van der Waals surface area contributed by atoms with E-state index in [-0.39, 0.29) is 0 Å². The maximum absolute atomic E-state index is 14.6. The molecule has 0 heterocycles. The van der Waals surface area contributed by atoms with E-state index in [0.717, 1.165) is 0 Å². The van der Waals surface area contributed by atoms with Gasteiger partial charge in [0.05, 0.1) is 0 Å². The Morgan fingerprint density at radius 1 is 0.559 bits per heavy atom. The highest BCUT2D eigenvalue weighted by Gasteiger charge is 2.40. The molecule has 4 aromatic carbocycles. The van der Waals surface area contributed by atoms with E-state index in [0.29, 0.717) is 16.7 Å². The molecule has 9 heteroatoms. The van der Waals surface area contributed by atoms with Crippen LogP contribution >= 0.6 is 10.7 Å². The minimum Gasteiger partial charge on any atom is -0.228 e. The van der Waals surface area contributed by atoms with E-state index in [9.17, 15) is 26.2 Å². The normalized spacial score (nSPS) is 13.4. The van der Waals surface area contributed by atoms with Crippen LogP contribution in [0.1, 0.15) is 16.7 Å². The molecule has 4 aromatic rings. The van der Waals surface area contributed by atoms with Gasteiger partial charge in [-0.2, -0.15) is 4.36 Å². The highest BCUT2D eigenvalue weighted by atomic mass is 35.7. The Balaban J connectivity index is 2.19. The summed E-state index contributed by atoms with van der Waals surface area (Å²) in [7, 11) is 1.39. The molecule has 0 saturated carbocycles. The summed E-state index contributed by atoms with van der Waals surface area (Å²) in [6.07, 6.45) is 0. The summed E-state index contributed by atoms with van der Waals surface area (Å²) in [5, 5.41) is 0. The van der Waals surface area contributed by atoms with Crippen molar-refractivity contribution >= 4 is 19.6 Å². The lowest BCUT2D eigenvalue weighted by atomic mass is 9.78. The largest absolute Gasteiger partial charge is 0.228 e. The third-order valence-electron chi connectivity index (χ3n) is 5.25. The van der Waals surface area contributed by atoms with E-state index in [1.165, 1.54) is 0 Å². The minimum atomic E-state index is -4.73. The second-order valence-corrected chi connectivity index (χ2v) is 10.0. The first-order chi connectivity index (χ1) is 16.2. The number of hydrogen-bond donors (Lipinski definition) is 0. The maximum Gasteiger partial charge on any atom is 0.200 e. The van der Waals surface area contributed by atoms with Gasteiger partial charge >= 0.3 is 0 Å². The molecule has 0 aliphatic heterocycles. The number of hydrogen-bond acceptors (Lipinski definition) is 2. The summed E-state index contributed by atoms with van der Waals surface area (Å²) in [5.41, 5.74) is -0.498. The standard InChI is InChI=1S/C25H15ClF5NOS/c26-34(33,24-22(30)20(28)19(27)21(29)23(24)31)32-25(16-10-4-1-5-11-16,17-12-6-2-7-13-17)18-14-8-3-9-15-18/h1-15H. The van der Waals surface area contributed by atoms with Crippen LogP contribution in [0.15, 0.2) is 100 Å². The Kier molecular flexibility index (Phi) is 6.47. The summed E-state index contributed by atoms with van der Waals surface area (Å²) < 4.78 is 88.6. The second-order valence-electron chi connectivity index (χ2n) is 7.26. The maximum atomic E-state index is 14.6. The van der Waals surface area contributed by atoms with Crippen LogP contribution < -0.4 is 0 Å². The van der Waals surface area contributed by atoms with Crippen LogP contribution in [0.5, 0.6) is 0 Å². The molecule has 4 rings (SSSR count). The average Bonchev–Trinajstić information content (AvgIpc) is 2.86. The molecular formula is C25H15ClF5NOS. The SMILES string of the molecule is O=S(Cl)(=NC(c1ccccc1)(c1ccccc1)c1ccccc1)c1c(F)c(F)c(F)c(F)c1F. The molecule has 34 heavy (non-hydrogen) atoms. The van der Waals surface area contributed by atoms with E-state index in [1.54, 1.807) is 91.0 Å². The number of benzene rings is 4. The summed E-state index contributed by atoms with van der Waals surface area (Å²) in [5.74, 6) is -11.5. The highest BCUT2D eigenvalue weighted by molar-refractivity contribution is 8.15. The Morgan fingerprint density at radius 2 is 0.853 bits per heavy atom. The van der Waals surface area contributed by atoms with Gasteiger partial charge in [0.15, 0.2) is 32.2 Å². The molecule has 0 radical (unpaired) electrons. The van der Waals surface area contributed by atoms with Crippen molar-refractivity contribution in [2.75, 3.05) is 0 Å². The number of rotatable bonds is 5. The van der Waals surface area contributed by atoms with Gasteiger partial charge in [-0.15, -0.1) is 0 Å². The molecule has 0 aliphatic carbocycles. The molecule has 0 bridgehead atoms. The van der Waals surface area contributed by atoms with Crippen LogP contribution in [0, 0.1) is 29.1 Å². The van der Waals surface area contributed by atoms with E-state index in [2.05, 4.69) is 4.36 Å². The van der Waals surface area contributed by atoms with Crippen LogP contribution in [-0.2, 0) is 14.5 Å². The lowest BCUT2D eigenvalue weighted by molar-refractivity contribution is 0.359. The second kappa shape index (κ2) is 9.19. The van der Waals surface area contributed by atoms with Gasteiger partial charge in [-0.3, -0.25) is 0 Å². The van der Waals surface area contributed by atoms with Crippen molar-refractivity contribution in [3.05, 3.63) is 137 Å². The fraction of sp³-hybridized carbons (Fsp3) is 0.0400. The molecule has 1 unspecified atom stereocenters. The van der Waals surface area contributed by atoms with Gasteiger partial charge in [0.1, 0.15) is 10.4 Å². The van der Waals surface area contributed by atoms with E-state index >= 15 is 0 Å². The molecule has 0 aromatic heterocycles. The molecule has 1 atom stereocenters. The van der Waals surface area contributed by atoms with Crippen LogP contribution in [-0.4, -0.2) is 4.21 Å². The first-order valence-electron chi connectivity index (χ1n) is 9.86. The molecule has 174 valence electrons.